The second-order valence-corrected chi connectivity index (χ2v) is 8.38. The fourth-order valence-corrected chi connectivity index (χ4v) is 5.11. The Kier molecular flexibility index (Phi) is 4.53. The lowest BCUT2D eigenvalue weighted by Crippen LogP contribution is -2.31. The van der Waals surface area contributed by atoms with Crippen molar-refractivity contribution in [3.8, 4) is 5.82 Å². The number of sulfonamides is 1. The number of aromatic nitrogens is 3. The summed E-state index contributed by atoms with van der Waals surface area (Å²) in [5, 5.41) is 0. The predicted octanol–water partition coefficient (Wildman–Crippen LogP) is 3.24. The first-order valence-electron chi connectivity index (χ1n) is 8.71. The molecule has 1 saturated heterocycles. The molecule has 0 aliphatic carbocycles. The lowest BCUT2D eigenvalue weighted by Gasteiger charge is -2.24. The SMILES string of the molecule is Cc1nccn1-c1cccc(C2CCCN2S(=O)(=O)c2ccc(F)cc2)n1. The summed E-state index contributed by atoms with van der Waals surface area (Å²) >= 11 is 0. The predicted molar refractivity (Wildman–Crippen MR) is 98.4 cm³/mol. The fourth-order valence-electron chi connectivity index (χ4n) is 3.44. The second-order valence-electron chi connectivity index (χ2n) is 6.49. The van der Waals surface area contributed by atoms with Crippen molar-refractivity contribution in [3.05, 3.63) is 72.2 Å². The molecule has 1 aliphatic heterocycles. The van der Waals surface area contributed by atoms with Crippen LogP contribution in [0.15, 0.2) is 59.8 Å². The Morgan fingerprint density at radius 3 is 2.63 bits per heavy atom. The Hall–Kier alpha value is -2.58. The third-order valence-electron chi connectivity index (χ3n) is 4.79. The highest BCUT2D eigenvalue weighted by atomic mass is 32.2. The maximum absolute atomic E-state index is 13.2. The molecule has 1 fully saturated rings. The number of imidazole rings is 1. The first-order valence-corrected chi connectivity index (χ1v) is 10.2. The molecule has 0 spiro atoms. The summed E-state index contributed by atoms with van der Waals surface area (Å²) in [7, 11) is -3.72. The van der Waals surface area contributed by atoms with Gasteiger partial charge in [0.2, 0.25) is 10.0 Å². The molecule has 8 heteroatoms. The molecule has 1 aliphatic rings. The van der Waals surface area contributed by atoms with Crippen molar-refractivity contribution in [2.45, 2.75) is 30.7 Å². The number of pyridine rings is 1. The number of rotatable bonds is 4. The number of benzene rings is 1. The van der Waals surface area contributed by atoms with Crippen molar-refractivity contribution in [1.82, 2.24) is 18.8 Å². The number of aryl methyl sites for hydroxylation is 1. The van der Waals surface area contributed by atoms with Crippen molar-refractivity contribution in [2.24, 2.45) is 0 Å². The molecular weight excluding hydrogens is 367 g/mol. The van der Waals surface area contributed by atoms with E-state index in [9.17, 15) is 12.8 Å². The quantitative estimate of drug-likeness (QED) is 0.690. The zero-order chi connectivity index (χ0) is 19.0. The zero-order valence-corrected chi connectivity index (χ0v) is 15.6. The van der Waals surface area contributed by atoms with E-state index in [1.165, 1.54) is 28.6 Å². The average Bonchev–Trinajstić information content (AvgIpc) is 3.31. The molecule has 140 valence electrons. The van der Waals surface area contributed by atoms with Crippen molar-refractivity contribution < 1.29 is 12.8 Å². The van der Waals surface area contributed by atoms with E-state index in [1.807, 2.05) is 35.9 Å². The van der Waals surface area contributed by atoms with Crippen LogP contribution in [-0.4, -0.2) is 33.8 Å². The van der Waals surface area contributed by atoms with Crippen molar-refractivity contribution in [1.29, 1.82) is 0 Å². The van der Waals surface area contributed by atoms with Crippen molar-refractivity contribution >= 4 is 10.0 Å². The minimum absolute atomic E-state index is 0.0948. The molecule has 0 amide bonds. The van der Waals surface area contributed by atoms with Crippen LogP contribution in [0, 0.1) is 12.7 Å². The Morgan fingerprint density at radius 1 is 1.15 bits per heavy atom. The minimum atomic E-state index is -3.72. The second kappa shape index (κ2) is 6.86. The number of nitrogens with zero attached hydrogens (tertiary/aromatic N) is 4. The van der Waals surface area contributed by atoms with Crippen LogP contribution in [0.2, 0.25) is 0 Å². The van der Waals surface area contributed by atoms with Crippen LogP contribution >= 0.6 is 0 Å². The van der Waals surface area contributed by atoms with Gasteiger partial charge in [-0.3, -0.25) is 4.57 Å². The normalized spacial score (nSPS) is 18.1. The fraction of sp³-hybridized carbons (Fsp3) is 0.263. The van der Waals surface area contributed by atoms with Gasteiger partial charge in [0.05, 0.1) is 16.6 Å². The zero-order valence-electron chi connectivity index (χ0n) is 14.8. The van der Waals surface area contributed by atoms with Crippen molar-refractivity contribution in [2.75, 3.05) is 6.54 Å². The summed E-state index contributed by atoms with van der Waals surface area (Å²) in [6, 6.07) is 10.2. The summed E-state index contributed by atoms with van der Waals surface area (Å²) in [5.74, 6) is 1.05. The Labute approximate surface area is 157 Å². The molecule has 4 rings (SSSR count). The van der Waals surface area contributed by atoms with Crippen LogP contribution < -0.4 is 0 Å². The Morgan fingerprint density at radius 2 is 1.93 bits per heavy atom. The van der Waals surface area contributed by atoms with Gasteiger partial charge in [-0.15, -0.1) is 0 Å². The van der Waals surface area contributed by atoms with Gasteiger partial charge in [-0.25, -0.2) is 22.8 Å². The van der Waals surface area contributed by atoms with Crippen LogP contribution in [0.4, 0.5) is 4.39 Å². The molecular formula is C19H19FN4O2S. The number of hydrogen-bond donors (Lipinski definition) is 0. The van der Waals surface area contributed by atoms with Crippen LogP contribution in [-0.2, 0) is 10.0 Å². The van der Waals surface area contributed by atoms with Gasteiger partial charge in [-0.2, -0.15) is 4.31 Å². The van der Waals surface area contributed by atoms with E-state index < -0.39 is 15.8 Å². The Balaban J connectivity index is 1.70. The van der Waals surface area contributed by atoms with Gasteiger partial charge < -0.3 is 0 Å². The van der Waals surface area contributed by atoms with E-state index in [2.05, 4.69) is 9.97 Å². The summed E-state index contributed by atoms with van der Waals surface area (Å²) in [5.41, 5.74) is 0.698. The summed E-state index contributed by atoms with van der Waals surface area (Å²) in [4.78, 5) is 8.99. The highest BCUT2D eigenvalue weighted by molar-refractivity contribution is 7.89. The molecule has 2 aromatic heterocycles. The van der Waals surface area contributed by atoms with Gasteiger partial charge in [0.25, 0.3) is 0 Å². The lowest BCUT2D eigenvalue weighted by atomic mass is 10.1. The highest BCUT2D eigenvalue weighted by Crippen LogP contribution is 2.36. The van der Waals surface area contributed by atoms with E-state index in [-0.39, 0.29) is 10.9 Å². The van der Waals surface area contributed by atoms with Crippen molar-refractivity contribution in [3.63, 3.8) is 0 Å². The van der Waals surface area contributed by atoms with Gasteiger partial charge in [0.1, 0.15) is 17.5 Å². The average molecular weight is 386 g/mol. The molecule has 1 atom stereocenters. The standard InChI is InChI=1S/C19H19FN4O2S/c1-14-21-11-13-23(14)19-6-2-4-17(22-19)18-5-3-12-24(18)27(25,26)16-9-7-15(20)8-10-16/h2,4,6-11,13,18H,3,5,12H2,1H3. The monoisotopic (exact) mass is 386 g/mol. The van der Waals surface area contributed by atoms with E-state index in [1.54, 1.807) is 6.20 Å². The smallest absolute Gasteiger partial charge is 0.243 e. The third-order valence-corrected chi connectivity index (χ3v) is 6.72. The molecule has 0 bridgehead atoms. The minimum Gasteiger partial charge on any atom is -0.288 e. The summed E-state index contributed by atoms with van der Waals surface area (Å²) in [6.45, 7) is 2.30. The molecule has 0 radical (unpaired) electrons. The molecule has 3 heterocycles. The molecule has 1 aromatic carbocycles. The van der Waals surface area contributed by atoms with Gasteiger partial charge >= 0.3 is 0 Å². The summed E-state index contributed by atoms with van der Waals surface area (Å²) < 4.78 is 42.6. The molecule has 1 unspecified atom stereocenters. The largest absolute Gasteiger partial charge is 0.288 e. The first kappa shape index (κ1) is 17.8. The number of hydrogen-bond acceptors (Lipinski definition) is 4. The van der Waals surface area contributed by atoms with Crippen LogP contribution in [0.1, 0.15) is 30.4 Å². The molecule has 0 N–H and O–H groups in total. The van der Waals surface area contributed by atoms with Gasteiger partial charge in [-0.1, -0.05) is 6.07 Å². The summed E-state index contributed by atoms with van der Waals surface area (Å²) in [6.07, 6.45) is 4.97. The van der Waals surface area contributed by atoms with Crippen LogP contribution in [0.3, 0.4) is 0 Å². The van der Waals surface area contributed by atoms with E-state index in [0.717, 1.165) is 12.2 Å². The molecule has 3 aromatic rings. The maximum Gasteiger partial charge on any atom is 0.243 e. The van der Waals surface area contributed by atoms with E-state index >= 15 is 0 Å². The topological polar surface area (TPSA) is 68.1 Å². The van der Waals surface area contributed by atoms with Crippen LogP contribution in [0.25, 0.3) is 5.82 Å². The molecule has 0 saturated carbocycles. The molecule has 27 heavy (non-hydrogen) atoms. The van der Waals surface area contributed by atoms with E-state index in [4.69, 9.17) is 0 Å². The van der Waals surface area contributed by atoms with Gasteiger partial charge in [-0.05, 0) is 56.2 Å². The highest BCUT2D eigenvalue weighted by Gasteiger charge is 2.37. The van der Waals surface area contributed by atoms with Gasteiger partial charge in [0, 0.05) is 18.9 Å². The van der Waals surface area contributed by atoms with Crippen LogP contribution in [0.5, 0.6) is 0 Å². The third kappa shape index (κ3) is 3.26. The lowest BCUT2D eigenvalue weighted by molar-refractivity contribution is 0.390. The van der Waals surface area contributed by atoms with E-state index in [0.29, 0.717) is 24.5 Å². The van der Waals surface area contributed by atoms with Gasteiger partial charge in [0.15, 0.2) is 0 Å². The maximum atomic E-state index is 13.2. The first-order chi connectivity index (χ1) is 13.0. The number of halogens is 1. The Bertz CT molecular complexity index is 1060. The molecule has 6 nitrogen and oxygen atoms in total.